The van der Waals surface area contributed by atoms with Gasteiger partial charge in [0.1, 0.15) is 12.6 Å². The fourth-order valence-corrected chi connectivity index (χ4v) is 6.03. The maximum absolute atomic E-state index is 14.1. The van der Waals surface area contributed by atoms with Crippen LogP contribution in [0.4, 0.5) is 5.69 Å². The van der Waals surface area contributed by atoms with Crippen LogP contribution in [0.15, 0.2) is 77.7 Å². The monoisotopic (exact) mass is 569 g/mol. The third-order valence-electron chi connectivity index (χ3n) is 6.54. The van der Waals surface area contributed by atoms with Gasteiger partial charge in [-0.15, -0.1) is 0 Å². The molecule has 0 aliphatic heterocycles. The quantitative estimate of drug-likeness (QED) is 0.331. The highest BCUT2D eigenvalue weighted by Gasteiger charge is 2.34. The van der Waals surface area contributed by atoms with E-state index in [-0.39, 0.29) is 23.4 Å². The summed E-state index contributed by atoms with van der Waals surface area (Å²) in [4.78, 5) is 28.9. The Morgan fingerprint density at radius 3 is 2.18 bits per heavy atom. The van der Waals surface area contributed by atoms with E-state index < -0.39 is 28.5 Å². The van der Waals surface area contributed by atoms with E-state index in [2.05, 4.69) is 5.32 Å². The van der Waals surface area contributed by atoms with Gasteiger partial charge in [-0.3, -0.25) is 13.9 Å². The third-order valence-corrected chi connectivity index (χ3v) is 8.72. The van der Waals surface area contributed by atoms with Crippen LogP contribution < -0.4 is 9.62 Å². The molecule has 0 saturated heterocycles. The summed E-state index contributed by atoms with van der Waals surface area (Å²) in [5.74, 6) is -0.784. The summed E-state index contributed by atoms with van der Waals surface area (Å²) >= 11 is 6.37. The predicted octanol–water partition coefficient (Wildman–Crippen LogP) is 5.48. The van der Waals surface area contributed by atoms with Crippen LogP contribution in [-0.2, 0) is 26.2 Å². The molecule has 0 saturated carbocycles. The van der Waals surface area contributed by atoms with Crippen molar-refractivity contribution in [2.45, 2.75) is 64.6 Å². The van der Waals surface area contributed by atoms with Gasteiger partial charge in [-0.1, -0.05) is 67.1 Å². The van der Waals surface area contributed by atoms with Crippen LogP contribution in [-0.4, -0.2) is 43.8 Å². The number of hydrogen-bond acceptors (Lipinski definition) is 4. The van der Waals surface area contributed by atoms with Crippen molar-refractivity contribution >= 4 is 39.1 Å². The van der Waals surface area contributed by atoms with Crippen LogP contribution in [0.3, 0.4) is 0 Å². The Bertz CT molecular complexity index is 1410. The lowest BCUT2D eigenvalue weighted by atomic mass is 10.1. The average Bonchev–Trinajstić information content (AvgIpc) is 2.90. The fourth-order valence-electron chi connectivity index (χ4n) is 4.37. The van der Waals surface area contributed by atoms with Crippen LogP contribution >= 0.6 is 11.6 Å². The molecule has 3 rings (SSSR count). The van der Waals surface area contributed by atoms with Gasteiger partial charge < -0.3 is 10.2 Å². The lowest BCUT2D eigenvalue weighted by Gasteiger charge is -2.34. The van der Waals surface area contributed by atoms with E-state index >= 15 is 0 Å². The zero-order chi connectivity index (χ0) is 28.7. The van der Waals surface area contributed by atoms with Crippen molar-refractivity contribution in [1.29, 1.82) is 0 Å². The Balaban J connectivity index is 2.11. The summed E-state index contributed by atoms with van der Waals surface area (Å²) < 4.78 is 28.9. The topological polar surface area (TPSA) is 86.8 Å². The summed E-state index contributed by atoms with van der Waals surface area (Å²) in [5, 5.41) is 3.29. The number of sulfonamides is 1. The molecule has 0 fully saturated rings. The first-order valence-corrected chi connectivity index (χ1v) is 14.8. The molecule has 0 aliphatic rings. The number of halogens is 1. The number of anilines is 1. The molecule has 3 aromatic carbocycles. The van der Waals surface area contributed by atoms with Crippen LogP contribution in [0.5, 0.6) is 0 Å². The van der Waals surface area contributed by atoms with Crippen molar-refractivity contribution in [2.24, 2.45) is 0 Å². The van der Waals surface area contributed by atoms with Gasteiger partial charge in [0.2, 0.25) is 11.8 Å². The lowest BCUT2D eigenvalue weighted by molar-refractivity contribution is -0.140. The van der Waals surface area contributed by atoms with Crippen molar-refractivity contribution in [2.75, 3.05) is 10.8 Å². The molecule has 9 heteroatoms. The molecule has 0 unspecified atom stereocenters. The fraction of sp³-hybridized carbons (Fsp3) is 0.333. The second-order valence-corrected chi connectivity index (χ2v) is 12.0. The maximum atomic E-state index is 14.1. The van der Waals surface area contributed by atoms with E-state index in [9.17, 15) is 18.0 Å². The highest BCUT2D eigenvalue weighted by molar-refractivity contribution is 7.92. The molecule has 0 heterocycles. The number of carbonyl (C=O) groups is 2. The number of amides is 2. The van der Waals surface area contributed by atoms with Crippen molar-refractivity contribution in [3.63, 3.8) is 0 Å². The van der Waals surface area contributed by atoms with Crippen LogP contribution in [0.2, 0.25) is 5.02 Å². The molecular formula is C30H36ClN3O4S. The summed E-state index contributed by atoms with van der Waals surface area (Å²) in [6.45, 7) is 8.85. The number of rotatable bonds is 11. The maximum Gasteiger partial charge on any atom is 0.264 e. The van der Waals surface area contributed by atoms with Gasteiger partial charge in [-0.25, -0.2) is 8.42 Å². The molecule has 0 aromatic heterocycles. The normalized spacial score (nSPS) is 12.2. The second-order valence-electron chi connectivity index (χ2n) is 9.74. The van der Waals surface area contributed by atoms with Gasteiger partial charge in [-0.05, 0) is 75.1 Å². The van der Waals surface area contributed by atoms with E-state index in [1.54, 1.807) is 43.3 Å². The molecule has 7 nitrogen and oxygen atoms in total. The van der Waals surface area contributed by atoms with E-state index in [1.807, 2.05) is 52.0 Å². The number of aryl methyl sites for hydroxylation is 1. The Labute approximate surface area is 236 Å². The zero-order valence-electron chi connectivity index (χ0n) is 23.0. The predicted molar refractivity (Wildman–Crippen MR) is 156 cm³/mol. The van der Waals surface area contributed by atoms with Gasteiger partial charge in [0, 0.05) is 17.6 Å². The van der Waals surface area contributed by atoms with E-state index in [0.717, 1.165) is 15.4 Å². The average molecular weight is 570 g/mol. The highest BCUT2D eigenvalue weighted by Crippen LogP contribution is 2.31. The molecule has 1 atom stereocenters. The van der Waals surface area contributed by atoms with Gasteiger partial charge in [-0.2, -0.15) is 0 Å². The molecule has 0 bridgehead atoms. The standard InChI is InChI=1S/C30H36ClN3O4S/c1-6-27(30(36)32-21(2)3)33(19-24-14-11-10-13-22(24)4)29(35)20-34(28-18-12-17-26(31)23(28)5)39(37,38)25-15-8-7-9-16-25/h7-18,21,27H,6,19-20H2,1-5H3,(H,32,36)/t27-/m0/s1. The highest BCUT2D eigenvalue weighted by atomic mass is 35.5. The Morgan fingerprint density at radius 1 is 0.923 bits per heavy atom. The lowest BCUT2D eigenvalue weighted by Crippen LogP contribution is -2.53. The van der Waals surface area contributed by atoms with E-state index in [1.165, 1.54) is 17.0 Å². The molecular weight excluding hydrogens is 534 g/mol. The van der Waals surface area contributed by atoms with Crippen molar-refractivity contribution in [3.05, 3.63) is 94.5 Å². The minimum absolute atomic E-state index is 0.0484. The molecule has 2 amide bonds. The van der Waals surface area contributed by atoms with E-state index in [4.69, 9.17) is 11.6 Å². The number of hydrogen-bond donors (Lipinski definition) is 1. The first kappa shape index (κ1) is 30.2. The molecule has 39 heavy (non-hydrogen) atoms. The number of benzene rings is 3. The van der Waals surface area contributed by atoms with Crippen LogP contribution in [0, 0.1) is 13.8 Å². The summed E-state index contributed by atoms with van der Waals surface area (Å²) in [6.07, 6.45) is 0.359. The van der Waals surface area contributed by atoms with Gasteiger partial charge in [0.05, 0.1) is 10.6 Å². The molecule has 208 valence electrons. The summed E-state index contributed by atoms with van der Waals surface area (Å²) in [5.41, 5.74) is 2.67. The SMILES string of the molecule is CC[C@@H](C(=O)NC(C)C)N(Cc1ccccc1C)C(=O)CN(c1cccc(Cl)c1C)S(=O)(=O)c1ccccc1. The summed E-state index contributed by atoms with van der Waals surface area (Å²) in [6, 6.07) is 19.6. The Hall–Kier alpha value is -3.36. The third kappa shape index (κ3) is 7.19. The van der Waals surface area contributed by atoms with Gasteiger partial charge in [0.15, 0.2) is 0 Å². The molecule has 3 aromatic rings. The Morgan fingerprint density at radius 2 is 1.56 bits per heavy atom. The zero-order valence-corrected chi connectivity index (χ0v) is 24.6. The summed E-state index contributed by atoms with van der Waals surface area (Å²) in [7, 11) is -4.15. The minimum Gasteiger partial charge on any atom is -0.352 e. The molecule has 1 N–H and O–H groups in total. The van der Waals surface area contributed by atoms with Crippen molar-refractivity contribution in [1.82, 2.24) is 10.2 Å². The van der Waals surface area contributed by atoms with Crippen LogP contribution in [0.25, 0.3) is 0 Å². The number of carbonyl (C=O) groups excluding carboxylic acids is 2. The van der Waals surface area contributed by atoms with Crippen molar-refractivity contribution in [3.8, 4) is 0 Å². The van der Waals surface area contributed by atoms with Crippen molar-refractivity contribution < 1.29 is 18.0 Å². The molecule has 0 spiro atoms. The minimum atomic E-state index is -4.15. The van der Waals surface area contributed by atoms with Gasteiger partial charge in [0.25, 0.3) is 10.0 Å². The molecule has 0 aliphatic carbocycles. The largest absolute Gasteiger partial charge is 0.352 e. The van der Waals surface area contributed by atoms with Gasteiger partial charge >= 0.3 is 0 Å². The second kappa shape index (κ2) is 13.1. The smallest absolute Gasteiger partial charge is 0.264 e. The Kier molecular flexibility index (Phi) is 10.2. The first-order chi connectivity index (χ1) is 18.5. The molecule has 0 radical (unpaired) electrons. The van der Waals surface area contributed by atoms with Crippen LogP contribution in [0.1, 0.15) is 43.9 Å². The van der Waals surface area contributed by atoms with E-state index in [0.29, 0.717) is 22.7 Å². The first-order valence-electron chi connectivity index (χ1n) is 12.9. The number of nitrogens with zero attached hydrogens (tertiary/aromatic N) is 2. The number of nitrogens with one attached hydrogen (secondary N) is 1.